The van der Waals surface area contributed by atoms with Crippen LogP contribution >= 0.6 is 8.60 Å². The Labute approximate surface area is 231 Å². The van der Waals surface area contributed by atoms with E-state index in [9.17, 15) is 9.69 Å². The molecule has 0 aromatic heterocycles. The molecule has 2 unspecified atom stereocenters. The van der Waals surface area contributed by atoms with Crippen LogP contribution in [0.4, 0.5) is 0 Å². The van der Waals surface area contributed by atoms with Crippen LogP contribution in [0.5, 0.6) is 0 Å². The van der Waals surface area contributed by atoms with Crippen molar-refractivity contribution in [3.05, 3.63) is 0 Å². The van der Waals surface area contributed by atoms with E-state index in [4.69, 9.17) is 13.8 Å². The smallest absolute Gasteiger partial charge is 0.330 e. The molecule has 0 aliphatic heterocycles. The van der Waals surface area contributed by atoms with Gasteiger partial charge >= 0.3 is 8.60 Å². The van der Waals surface area contributed by atoms with Gasteiger partial charge in [0.15, 0.2) is 0 Å². The number of Topliss-reactive ketones (excluding diaryl/α,β-unsaturated/α-hetero) is 1. The molecule has 37 heavy (non-hydrogen) atoms. The predicted octanol–water partition coefficient (Wildman–Crippen LogP) is 7.04. The van der Waals surface area contributed by atoms with Gasteiger partial charge in [0.05, 0.1) is 27.3 Å². The maximum Gasteiger partial charge on any atom is 0.330 e. The van der Waals surface area contributed by atoms with E-state index in [1.54, 1.807) is 0 Å². The number of carbonyl (C=O) groups is 1. The third-order valence-electron chi connectivity index (χ3n) is 6.77. The summed E-state index contributed by atoms with van der Waals surface area (Å²) in [5.74, 6) is 0.210. The van der Waals surface area contributed by atoms with E-state index in [2.05, 4.69) is 6.92 Å². The fourth-order valence-corrected chi connectivity index (χ4v) is 5.07. The lowest BCUT2D eigenvalue weighted by Gasteiger charge is -2.18. The molecule has 0 saturated heterocycles. The number of likely N-dealkylation sites (N-methyl/N-ethyl adjacent to an activating group) is 1. The molecular formula is C30H63NO5P+. The van der Waals surface area contributed by atoms with Crippen LogP contribution < -0.4 is 4.90 Å². The zero-order valence-corrected chi connectivity index (χ0v) is 26.0. The molecule has 0 rings (SSSR count). The normalized spacial score (nSPS) is 13.4. The highest BCUT2D eigenvalue weighted by Gasteiger charge is 2.17. The summed E-state index contributed by atoms with van der Waals surface area (Å²) in [5.41, 5.74) is 0. The lowest BCUT2D eigenvalue weighted by atomic mass is 10.0. The molecular weight excluding hydrogens is 485 g/mol. The van der Waals surface area contributed by atoms with Crippen LogP contribution in [0.3, 0.4) is 0 Å². The Hall–Kier alpha value is -0.100. The Morgan fingerprint density at radius 3 is 1.70 bits per heavy atom. The largest absolute Gasteiger partial charge is 0.381 e. The molecule has 0 fully saturated rings. The SMILES string of the molecule is CCCCCCCCCCCCCCCCCCOCC(COP(O)OCC[NH+](C)C)CC(=O)CCC. The van der Waals surface area contributed by atoms with Crippen LogP contribution in [0.25, 0.3) is 0 Å². The lowest BCUT2D eigenvalue weighted by molar-refractivity contribution is -0.858. The average Bonchev–Trinajstić information content (AvgIpc) is 2.86. The fourth-order valence-electron chi connectivity index (χ4n) is 4.41. The molecule has 0 saturated carbocycles. The first-order valence-corrected chi connectivity index (χ1v) is 16.8. The maximum atomic E-state index is 12.1. The number of hydrogen-bond acceptors (Lipinski definition) is 5. The Balaban J connectivity index is 3.70. The van der Waals surface area contributed by atoms with Gasteiger partial charge in [-0.2, -0.15) is 0 Å². The first kappa shape index (κ1) is 36.9. The van der Waals surface area contributed by atoms with Crippen molar-refractivity contribution >= 4 is 14.4 Å². The molecule has 0 spiro atoms. The number of unbranched alkanes of at least 4 members (excludes halogenated alkanes) is 15. The molecule has 2 atom stereocenters. The van der Waals surface area contributed by atoms with Gasteiger partial charge in [-0.25, -0.2) is 0 Å². The van der Waals surface area contributed by atoms with Crippen molar-refractivity contribution in [2.45, 2.75) is 136 Å². The van der Waals surface area contributed by atoms with E-state index >= 15 is 0 Å². The number of carbonyl (C=O) groups excluding carboxylic acids is 1. The summed E-state index contributed by atoms with van der Waals surface area (Å²) < 4.78 is 16.7. The van der Waals surface area contributed by atoms with E-state index in [0.29, 0.717) is 32.7 Å². The van der Waals surface area contributed by atoms with Crippen LogP contribution in [-0.4, -0.2) is 57.7 Å². The quantitative estimate of drug-likeness (QED) is 0.0744. The summed E-state index contributed by atoms with van der Waals surface area (Å²) in [5, 5.41) is 0. The van der Waals surface area contributed by atoms with Gasteiger partial charge < -0.3 is 23.6 Å². The van der Waals surface area contributed by atoms with Crippen LogP contribution in [0.15, 0.2) is 0 Å². The third kappa shape index (κ3) is 28.7. The molecule has 7 heteroatoms. The fraction of sp³-hybridized carbons (Fsp3) is 0.967. The molecule has 0 bridgehead atoms. The molecule has 0 aliphatic carbocycles. The van der Waals surface area contributed by atoms with Gasteiger partial charge in [-0.15, -0.1) is 0 Å². The second-order valence-electron chi connectivity index (χ2n) is 11.1. The van der Waals surface area contributed by atoms with Crippen molar-refractivity contribution in [1.29, 1.82) is 0 Å². The highest BCUT2D eigenvalue weighted by atomic mass is 31.2. The summed E-state index contributed by atoms with van der Waals surface area (Å²) in [4.78, 5) is 23.4. The first-order valence-electron chi connectivity index (χ1n) is 15.6. The molecule has 0 aromatic carbocycles. The van der Waals surface area contributed by atoms with E-state index < -0.39 is 8.60 Å². The van der Waals surface area contributed by atoms with Gasteiger partial charge in [0.25, 0.3) is 0 Å². The summed E-state index contributed by atoms with van der Waals surface area (Å²) in [6.07, 6.45) is 23.7. The molecule has 0 radical (unpaired) electrons. The van der Waals surface area contributed by atoms with Crippen LogP contribution in [0.1, 0.15) is 136 Å². The average molecular weight is 549 g/mol. The summed E-state index contributed by atoms with van der Waals surface area (Å²) in [7, 11) is 2.18. The first-order chi connectivity index (χ1) is 18.0. The van der Waals surface area contributed by atoms with Crippen LogP contribution in [0.2, 0.25) is 0 Å². The van der Waals surface area contributed by atoms with Crippen molar-refractivity contribution in [1.82, 2.24) is 0 Å². The molecule has 222 valence electrons. The summed E-state index contributed by atoms with van der Waals surface area (Å²) in [6.45, 7) is 7.09. The highest BCUT2D eigenvalue weighted by Crippen LogP contribution is 2.33. The maximum absolute atomic E-state index is 12.1. The number of hydrogen-bond donors (Lipinski definition) is 2. The van der Waals surface area contributed by atoms with E-state index in [1.807, 2.05) is 21.0 Å². The Morgan fingerprint density at radius 1 is 0.703 bits per heavy atom. The van der Waals surface area contributed by atoms with Gasteiger partial charge in [-0.05, 0) is 12.8 Å². The minimum Gasteiger partial charge on any atom is -0.381 e. The predicted molar refractivity (Wildman–Crippen MR) is 157 cm³/mol. The third-order valence-corrected chi connectivity index (χ3v) is 7.54. The zero-order valence-electron chi connectivity index (χ0n) is 25.1. The molecule has 0 aromatic rings. The van der Waals surface area contributed by atoms with E-state index in [1.165, 1.54) is 101 Å². The number of ketones is 1. The second-order valence-corrected chi connectivity index (χ2v) is 12.1. The van der Waals surface area contributed by atoms with Crippen molar-refractivity contribution in [3.63, 3.8) is 0 Å². The second kappa shape index (κ2) is 28.9. The minimum atomic E-state index is -1.90. The number of rotatable bonds is 30. The van der Waals surface area contributed by atoms with E-state index in [-0.39, 0.29) is 11.7 Å². The summed E-state index contributed by atoms with van der Waals surface area (Å²) in [6, 6.07) is 0. The number of nitrogens with one attached hydrogen (secondary N) is 1. The number of ether oxygens (including phenoxy) is 1. The van der Waals surface area contributed by atoms with Gasteiger partial charge in [0.2, 0.25) is 0 Å². The number of quaternary nitrogens is 1. The monoisotopic (exact) mass is 548 g/mol. The molecule has 0 heterocycles. The summed E-state index contributed by atoms with van der Waals surface area (Å²) >= 11 is 0. The lowest BCUT2D eigenvalue weighted by Crippen LogP contribution is -3.06. The van der Waals surface area contributed by atoms with Crippen LogP contribution in [-0.2, 0) is 18.6 Å². The van der Waals surface area contributed by atoms with Crippen molar-refractivity contribution in [2.75, 3.05) is 47.1 Å². The van der Waals surface area contributed by atoms with Gasteiger partial charge in [-0.1, -0.05) is 110 Å². The van der Waals surface area contributed by atoms with E-state index in [0.717, 1.165) is 26.0 Å². The van der Waals surface area contributed by atoms with Crippen molar-refractivity contribution < 1.29 is 28.4 Å². The van der Waals surface area contributed by atoms with Crippen LogP contribution in [0, 0.1) is 5.92 Å². The minimum absolute atomic E-state index is 0.0275. The van der Waals surface area contributed by atoms with Gasteiger partial charge in [0.1, 0.15) is 18.9 Å². The highest BCUT2D eigenvalue weighted by molar-refractivity contribution is 7.40. The Morgan fingerprint density at radius 2 is 1.22 bits per heavy atom. The van der Waals surface area contributed by atoms with Gasteiger partial charge in [0, 0.05) is 25.4 Å². The molecule has 0 aliphatic rings. The Kier molecular flexibility index (Phi) is 28.8. The zero-order chi connectivity index (χ0) is 27.4. The molecule has 0 amide bonds. The Bertz CT molecular complexity index is 481. The van der Waals surface area contributed by atoms with Gasteiger partial charge in [-0.3, -0.25) is 4.79 Å². The molecule has 6 nitrogen and oxygen atoms in total. The molecule has 2 N–H and O–H groups in total. The standard InChI is InChI=1S/C30H62NO5P/c1-5-7-8-9-10-11-12-13-14-15-16-17-18-19-20-21-24-34-27-29(26-30(32)22-6-2)28-36-37(33)35-25-23-31(3)4/h29,33H,5-28H2,1-4H3/p+1. The topological polar surface area (TPSA) is 69.4 Å². The van der Waals surface area contributed by atoms with Crippen molar-refractivity contribution in [3.8, 4) is 0 Å². The van der Waals surface area contributed by atoms with Crippen molar-refractivity contribution in [2.24, 2.45) is 5.92 Å².